The van der Waals surface area contributed by atoms with Crippen molar-refractivity contribution in [3.63, 3.8) is 0 Å². The molecule has 2 aromatic heterocycles. The molecule has 22 heavy (non-hydrogen) atoms. The van der Waals surface area contributed by atoms with Crippen molar-refractivity contribution in [3.8, 4) is 0 Å². The monoisotopic (exact) mass is 322 g/mol. The van der Waals surface area contributed by atoms with Crippen LogP contribution in [-0.4, -0.2) is 21.3 Å². The van der Waals surface area contributed by atoms with Crippen LogP contribution in [0, 0.1) is 6.92 Å². The molecular formula is C15H15ClN2O4. The molecule has 3 rings (SSSR count). The number of imidazole rings is 1. The van der Waals surface area contributed by atoms with E-state index in [1.165, 1.54) is 0 Å². The summed E-state index contributed by atoms with van der Waals surface area (Å²) in [7, 11) is 1.73. The van der Waals surface area contributed by atoms with Crippen molar-refractivity contribution in [2.45, 2.75) is 32.8 Å². The molecule has 0 saturated heterocycles. The number of fused-ring (bicyclic) bond motifs is 1. The summed E-state index contributed by atoms with van der Waals surface area (Å²) in [6, 6.07) is 0. The molecular weight excluding hydrogens is 308 g/mol. The van der Waals surface area contributed by atoms with Gasteiger partial charge in [-0.1, -0.05) is 0 Å². The molecule has 0 N–H and O–H groups in total. The lowest BCUT2D eigenvalue weighted by Crippen LogP contribution is -2.10. The third-order valence-electron chi connectivity index (χ3n) is 3.87. The van der Waals surface area contributed by atoms with Crippen molar-refractivity contribution in [2.24, 2.45) is 7.05 Å². The third kappa shape index (κ3) is 2.43. The molecule has 7 heteroatoms. The molecule has 1 aliphatic rings. The maximum atomic E-state index is 12.2. The van der Waals surface area contributed by atoms with Gasteiger partial charge in [-0.3, -0.25) is 4.79 Å². The van der Waals surface area contributed by atoms with Gasteiger partial charge in [-0.05, 0) is 24.9 Å². The number of Topliss-reactive ketones (excluding diaryl/α,β-unsaturated/α-hetero) is 1. The van der Waals surface area contributed by atoms with Crippen molar-refractivity contribution in [1.82, 2.24) is 9.55 Å². The Labute approximate surface area is 132 Å². The summed E-state index contributed by atoms with van der Waals surface area (Å²) in [5.41, 5.74) is 1.78. The molecule has 0 aromatic carbocycles. The quantitative estimate of drug-likeness (QED) is 0.812. The van der Waals surface area contributed by atoms with E-state index in [1.54, 1.807) is 24.7 Å². The van der Waals surface area contributed by atoms with Gasteiger partial charge in [0.15, 0.2) is 5.78 Å². The van der Waals surface area contributed by atoms with Crippen LogP contribution in [0.5, 0.6) is 0 Å². The Morgan fingerprint density at radius 3 is 2.91 bits per heavy atom. The van der Waals surface area contributed by atoms with E-state index in [4.69, 9.17) is 20.8 Å². The van der Waals surface area contributed by atoms with Crippen molar-refractivity contribution in [1.29, 1.82) is 0 Å². The number of hydrogen-bond donors (Lipinski definition) is 0. The van der Waals surface area contributed by atoms with E-state index in [1.807, 2.05) is 0 Å². The van der Waals surface area contributed by atoms with E-state index in [0.717, 1.165) is 6.42 Å². The molecule has 0 unspecified atom stereocenters. The highest BCUT2D eigenvalue weighted by atomic mass is 35.5. The number of furan rings is 1. The normalized spacial score (nSPS) is 14.0. The zero-order valence-corrected chi connectivity index (χ0v) is 13.1. The van der Waals surface area contributed by atoms with E-state index in [-0.39, 0.29) is 18.2 Å². The predicted molar refractivity (Wildman–Crippen MR) is 78.1 cm³/mol. The second kappa shape index (κ2) is 5.61. The molecule has 116 valence electrons. The highest BCUT2D eigenvalue weighted by Crippen LogP contribution is 2.29. The van der Waals surface area contributed by atoms with Crippen LogP contribution < -0.4 is 0 Å². The zero-order chi connectivity index (χ0) is 15.9. The maximum Gasteiger partial charge on any atom is 0.374 e. The van der Waals surface area contributed by atoms with Crippen LogP contribution in [0.15, 0.2) is 10.6 Å². The lowest BCUT2D eigenvalue weighted by Gasteiger charge is -2.07. The van der Waals surface area contributed by atoms with E-state index in [2.05, 4.69) is 4.98 Å². The second-order valence-electron chi connectivity index (χ2n) is 5.28. The van der Waals surface area contributed by atoms with Gasteiger partial charge in [-0.25, -0.2) is 9.78 Å². The fourth-order valence-electron chi connectivity index (χ4n) is 2.60. The standard InChI is InChI=1S/C15H15ClN2O4/c1-8-12-10(19)4-3-5-11(12)22-13(8)14(20)21-7-9-6-17-15(16)18(9)2/h6H,3-5,7H2,1-2H3. The van der Waals surface area contributed by atoms with E-state index >= 15 is 0 Å². The number of ketones is 1. The van der Waals surface area contributed by atoms with Gasteiger partial charge >= 0.3 is 5.97 Å². The Morgan fingerprint density at radius 1 is 1.50 bits per heavy atom. The molecule has 0 saturated carbocycles. The van der Waals surface area contributed by atoms with Crippen LogP contribution in [0.1, 0.15) is 50.8 Å². The average molecular weight is 323 g/mol. The van der Waals surface area contributed by atoms with Gasteiger partial charge in [0.05, 0.1) is 17.5 Å². The molecule has 6 nitrogen and oxygen atoms in total. The number of esters is 1. The minimum absolute atomic E-state index is 0.0277. The van der Waals surface area contributed by atoms with E-state index in [0.29, 0.717) is 40.7 Å². The average Bonchev–Trinajstić information content (AvgIpc) is 2.99. The minimum atomic E-state index is -0.586. The lowest BCUT2D eigenvalue weighted by atomic mass is 9.94. The summed E-state index contributed by atoms with van der Waals surface area (Å²) in [6.07, 6.45) is 3.46. The SMILES string of the molecule is Cc1c(C(=O)OCc2cnc(Cl)n2C)oc2c1C(=O)CCC2. The second-order valence-corrected chi connectivity index (χ2v) is 5.62. The number of aryl methyl sites for hydroxylation is 1. The highest BCUT2D eigenvalue weighted by Gasteiger charge is 2.29. The largest absolute Gasteiger partial charge is 0.453 e. The van der Waals surface area contributed by atoms with E-state index < -0.39 is 5.97 Å². The summed E-state index contributed by atoms with van der Waals surface area (Å²) in [5.74, 6) is 0.134. The first kappa shape index (κ1) is 14.8. The molecule has 0 aliphatic heterocycles. The number of carbonyl (C=O) groups excluding carboxylic acids is 2. The lowest BCUT2D eigenvalue weighted by molar-refractivity contribution is 0.0424. The topological polar surface area (TPSA) is 74.3 Å². The van der Waals surface area contributed by atoms with Gasteiger partial charge in [0.25, 0.3) is 0 Å². The molecule has 0 fully saturated rings. The first-order chi connectivity index (χ1) is 10.5. The van der Waals surface area contributed by atoms with Gasteiger partial charge in [-0.15, -0.1) is 0 Å². The van der Waals surface area contributed by atoms with Gasteiger partial charge in [-0.2, -0.15) is 0 Å². The van der Waals surface area contributed by atoms with Gasteiger partial charge in [0.1, 0.15) is 12.4 Å². The van der Waals surface area contributed by atoms with Gasteiger partial charge in [0, 0.05) is 25.5 Å². The Morgan fingerprint density at radius 2 is 2.27 bits per heavy atom. The van der Waals surface area contributed by atoms with Gasteiger partial charge < -0.3 is 13.7 Å². The Kier molecular flexibility index (Phi) is 3.78. The van der Waals surface area contributed by atoms with Crippen LogP contribution in [0.25, 0.3) is 0 Å². The molecule has 2 aromatic rings. The molecule has 0 radical (unpaired) electrons. The van der Waals surface area contributed by atoms with E-state index in [9.17, 15) is 9.59 Å². The van der Waals surface area contributed by atoms with Crippen molar-refractivity contribution in [2.75, 3.05) is 0 Å². The number of nitrogens with zero attached hydrogens (tertiary/aromatic N) is 2. The molecule has 0 atom stereocenters. The number of rotatable bonds is 3. The van der Waals surface area contributed by atoms with Crippen LogP contribution in [-0.2, 0) is 24.8 Å². The summed E-state index contributed by atoms with van der Waals surface area (Å²) in [5, 5.41) is 0.321. The van der Waals surface area contributed by atoms with Crippen molar-refractivity contribution in [3.05, 3.63) is 39.8 Å². The summed E-state index contributed by atoms with van der Waals surface area (Å²) in [6.45, 7) is 1.75. The first-order valence-electron chi connectivity index (χ1n) is 6.97. The summed E-state index contributed by atoms with van der Waals surface area (Å²) >= 11 is 5.83. The maximum absolute atomic E-state index is 12.2. The summed E-state index contributed by atoms with van der Waals surface area (Å²) < 4.78 is 12.4. The van der Waals surface area contributed by atoms with Crippen LogP contribution in [0.2, 0.25) is 5.28 Å². The third-order valence-corrected chi connectivity index (χ3v) is 4.22. The Bertz CT molecular complexity index is 760. The number of carbonyl (C=O) groups is 2. The van der Waals surface area contributed by atoms with Crippen molar-refractivity contribution >= 4 is 23.4 Å². The van der Waals surface area contributed by atoms with Crippen LogP contribution >= 0.6 is 11.6 Å². The van der Waals surface area contributed by atoms with Gasteiger partial charge in [0.2, 0.25) is 11.0 Å². The Hall–Kier alpha value is -2.08. The zero-order valence-electron chi connectivity index (χ0n) is 12.3. The highest BCUT2D eigenvalue weighted by molar-refractivity contribution is 6.28. The predicted octanol–water partition coefficient (Wildman–Crippen LogP) is 2.85. The molecule has 0 bridgehead atoms. The number of aromatic nitrogens is 2. The molecule has 0 spiro atoms. The molecule has 2 heterocycles. The fraction of sp³-hybridized carbons (Fsp3) is 0.400. The minimum Gasteiger partial charge on any atom is -0.453 e. The first-order valence-corrected chi connectivity index (χ1v) is 7.35. The van der Waals surface area contributed by atoms with Crippen LogP contribution in [0.3, 0.4) is 0 Å². The summed E-state index contributed by atoms with van der Waals surface area (Å²) in [4.78, 5) is 28.0. The fourth-order valence-corrected chi connectivity index (χ4v) is 2.76. The molecule has 0 amide bonds. The number of ether oxygens (including phenoxy) is 1. The van der Waals surface area contributed by atoms with Crippen LogP contribution in [0.4, 0.5) is 0 Å². The Balaban J connectivity index is 1.78. The molecule has 1 aliphatic carbocycles. The van der Waals surface area contributed by atoms with Crippen molar-refractivity contribution < 1.29 is 18.7 Å². The number of halogens is 1. The number of hydrogen-bond acceptors (Lipinski definition) is 5. The smallest absolute Gasteiger partial charge is 0.374 e.